The van der Waals surface area contributed by atoms with E-state index in [4.69, 9.17) is 33.3 Å². The Morgan fingerprint density at radius 3 is 2.77 bits per heavy atom. The molecular weight excluding hydrogens is 377 g/mol. The second kappa shape index (κ2) is 9.94. The standard InChI is InChI=1S/C18H19ClFN3O2S/c1-3-21-18(26)23-22-10-12-6-4-9-16(24-2)17(12)25-11-13-14(19)7-5-8-15(13)20/h4-10H,3,11H2,1-2H3,(H2,21,23,26)/b22-10-. The summed E-state index contributed by atoms with van der Waals surface area (Å²) in [4.78, 5) is 0. The smallest absolute Gasteiger partial charge is 0.186 e. The van der Waals surface area contributed by atoms with Gasteiger partial charge < -0.3 is 14.8 Å². The van der Waals surface area contributed by atoms with Crippen LogP contribution in [-0.2, 0) is 6.61 Å². The SMILES string of the molecule is CCNC(=S)N/N=C\c1cccc(OC)c1OCc1c(F)cccc1Cl. The highest BCUT2D eigenvalue weighted by molar-refractivity contribution is 7.80. The van der Waals surface area contributed by atoms with Crippen molar-refractivity contribution in [2.45, 2.75) is 13.5 Å². The Kier molecular flexibility index (Phi) is 7.62. The maximum Gasteiger partial charge on any atom is 0.186 e. The minimum Gasteiger partial charge on any atom is -0.493 e. The van der Waals surface area contributed by atoms with E-state index in [2.05, 4.69) is 15.8 Å². The molecule has 0 aliphatic heterocycles. The van der Waals surface area contributed by atoms with Crippen molar-refractivity contribution in [3.05, 3.63) is 58.4 Å². The predicted molar refractivity (Wildman–Crippen MR) is 106 cm³/mol. The Hall–Kier alpha value is -2.38. The first-order valence-electron chi connectivity index (χ1n) is 7.86. The maximum atomic E-state index is 13.9. The molecule has 2 N–H and O–H groups in total. The highest BCUT2D eigenvalue weighted by atomic mass is 35.5. The van der Waals surface area contributed by atoms with Crippen molar-refractivity contribution in [2.24, 2.45) is 5.10 Å². The van der Waals surface area contributed by atoms with Crippen molar-refractivity contribution in [3.8, 4) is 11.5 Å². The van der Waals surface area contributed by atoms with Crippen LogP contribution in [0.3, 0.4) is 0 Å². The fourth-order valence-corrected chi connectivity index (χ4v) is 2.54. The molecule has 0 saturated carbocycles. The van der Waals surface area contributed by atoms with E-state index in [1.165, 1.54) is 13.2 Å². The van der Waals surface area contributed by atoms with E-state index >= 15 is 0 Å². The van der Waals surface area contributed by atoms with Crippen LogP contribution in [0.25, 0.3) is 0 Å². The average molecular weight is 396 g/mol. The molecule has 26 heavy (non-hydrogen) atoms. The van der Waals surface area contributed by atoms with Gasteiger partial charge in [0.15, 0.2) is 16.6 Å². The molecule has 0 aliphatic carbocycles. The monoisotopic (exact) mass is 395 g/mol. The number of hydrogen-bond donors (Lipinski definition) is 2. The molecule has 5 nitrogen and oxygen atoms in total. The summed E-state index contributed by atoms with van der Waals surface area (Å²) in [6.07, 6.45) is 1.55. The summed E-state index contributed by atoms with van der Waals surface area (Å²) >= 11 is 11.1. The predicted octanol–water partition coefficient (Wildman–Crippen LogP) is 3.88. The van der Waals surface area contributed by atoms with E-state index in [9.17, 15) is 4.39 Å². The number of nitrogens with one attached hydrogen (secondary N) is 2. The molecule has 0 atom stereocenters. The normalized spacial score (nSPS) is 10.6. The summed E-state index contributed by atoms with van der Waals surface area (Å²) in [5, 5.41) is 7.70. The Morgan fingerprint density at radius 2 is 2.08 bits per heavy atom. The second-order valence-corrected chi connectivity index (χ2v) is 5.91. The zero-order valence-electron chi connectivity index (χ0n) is 14.4. The first-order chi connectivity index (χ1) is 12.6. The van der Waals surface area contributed by atoms with E-state index in [0.717, 1.165) is 0 Å². The van der Waals surface area contributed by atoms with Crippen molar-refractivity contribution in [1.82, 2.24) is 10.7 Å². The van der Waals surface area contributed by atoms with Crippen molar-refractivity contribution in [1.29, 1.82) is 0 Å². The first kappa shape index (κ1) is 19.9. The van der Waals surface area contributed by atoms with Crippen molar-refractivity contribution < 1.29 is 13.9 Å². The summed E-state index contributed by atoms with van der Waals surface area (Å²) < 4.78 is 25.1. The molecule has 138 valence electrons. The third-order valence-corrected chi connectivity index (χ3v) is 3.95. The highest BCUT2D eigenvalue weighted by Crippen LogP contribution is 2.31. The number of rotatable bonds is 7. The minimum absolute atomic E-state index is 0.0457. The van der Waals surface area contributed by atoms with E-state index in [1.807, 2.05) is 6.92 Å². The largest absolute Gasteiger partial charge is 0.493 e. The summed E-state index contributed by atoms with van der Waals surface area (Å²) in [5.41, 5.74) is 3.62. The third kappa shape index (κ3) is 5.31. The lowest BCUT2D eigenvalue weighted by molar-refractivity contribution is 0.279. The van der Waals surface area contributed by atoms with E-state index in [-0.39, 0.29) is 12.2 Å². The molecule has 0 bridgehead atoms. The fourth-order valence-electron chi connectivity index (χ4n) is 2.12. The van der Waals surface area contributed by atoms with Crippen molar-refractivity contribution >= 4 is 35.1 Å². The fraction of sp³-hybridized carbons (Fsp3) is 0.222. The number of hydrogen-bond acceptors (Lipinski definition) is 4. The number of nitrogens with zero attached hydrogens (tertiary/aromatic N) is 1. The van der Waals surface area contributed by atoms with Gasteiger partial charge in [0.1, 0.15) is 12.4 Å². The van der Waals surface area contributed by atoms with Gasteiger partial charge in [-0.2, -0.15) is 5.10 Å². The maximum absolute atomic E-state index is 13.9. The molecule has 2 aromatic rings. The molecular formula is C18H19ClFN3O2S. The Labute approximate surface area is 162 Å². The topological polar surface area (TPSA) is 54.9 Å². The number of methoxy groups -OCH3 is 1. The second-order valence-electron chi connectivity index (χ2n) is 5.10. The number of ether oxygens (including phenoxy) is 2. The number of halogens is 2. The van der Waals surface area contributed by atoms with Gasteiger partial charge in [0.2, 0.25) is 0 Å². The number of benzene rings is 2. The lowest BCUT2D eigenvalue weighted by Gasteiger charge is -2.14. The van der Waals surface area contributed by atoms with Crippen LogP contribution < -0.4 is 20.2 Å². The Balaban J connectivity index is 2.20. The molecule has 2 rings (SSSR count). The summed E-state index contributed by atoms with van der Waals surface area (Å²) in [5.74, 6) is 0.491. The quantitative estimate of drug-likeness (QED) is 0.423. The molecule has 0 spiro atoms. The molecule has 8 heteroatoms. The van der Waals surface area contributed by atoms with Crippen LogP contribution in [0.5, 0.6) is 11.5 Å². The summed E-state index contributed by atoms with van der Waals surface area (Å²) in [6, 6.07) is 9.82. The van der Waals surface area contributed by atoms with Crippen molar-refractivity contribution in [3.63, 3.8) is 0 Å². The number of thiocarbonyl (C=S) groups is 1. The van der Waals surface area contributed by atoms with E-state index in [0.29, 0.717) is 33.7 Å². The molecule has 0 heterocycles. The van der Waals surface area contributed by atoms with Crippen LogP contribution in [0.2, 0.25) is 5.02 Å². The van der Waals surface area contributed by atoms with Gasteiger partial charge in [-0.15, -0.1) is 0 Å². The Bertz CT molecular complexity index is 782. The van der Waals surface area contributed by atoms with E-state index < -0.39 is 5.82 Å². The van der Waals surface area contributed by atoms with Crippen LogP contribution in [0.1, 0.15) is 18.1 Å². The molecule has 0 unspecified atom stereocenters. The van der Waals surface area contributed by atoms with Gasteiger partial charge >= 0.3 is 0 Å². The Morgan fingerprint density at radius 1 is 1.31 bits per heavy atom. The average Bonchev–Trinajstić information content (AvgIpc) is 2.62. The van der Waals surface area contributed by atoms with Gasteiger partial charge in [0, 0.05) is 17.7 Å². The van der Waals surface area contributed by atoms with Gasteiger partial charge in [-0.25, -0.2) is 4.39 Å². The summed E-state index contributed by atoms with van der Waals surface area (Å²) in [7, 11) is 1.53. The van der Waals surface area contributed by atoms with Crippen LogP contribution >= 0.6 is 23.8 Å². The van der Waals surface area contributed by atoms with Gasteiger partial charge in [0.25, 0.3) is 0 Å². The number of para-hydroxylation sites is 1. The minimum atomic E-state index is -0.430. The van der Waals surface area contributed by atoms with Crippen LogP contribution in [0.4, 0.5) is 4.39 Å². The van der Waals surface area contributed by atoms with Crippen molar-refractivity contribution in [2.75, 3.05) is 13.7 Å². The molecule has 0 aliphatic rings. The van der Waals surface area contributed by atoms with Crippen LogP contribution in [0.15, 0.2) is 41.5 Å². The van der Waals surface area contributed by atoms with Crippen LogP contribution in [-0.4, -0.2) is 25.0 Å². The lowest BCUT2D eigenvalue weighted by Crippen LogP contribution is -2.31. The van der Waals surface area contributed by atoms with Gasteiger partial charge in [0.05, 0.1) is 18.3 Å². The van der Waals surface area contributed by atoms with Crippen LogP contribution in [0, 0.1) is 5.82 Å². The van der Waals surface area contributed by atoms with Gasteiger partial charge in [-0.05, 0) is 43.4 Å². The summed E-state index contributed by atoms with van der Waals surface area (Å²) in [6.45, 7) is 2.58. The zero-order valence-corrected chi connectivity index (χ0v) is 16.0. The molecule has 2 aromatic carbocycles. The molecule has 0 amide bonds. The molecule has 0 saturated heterocycles. The van der Waals surface area contributed by atoms with Gasteiger partial charge in [-0.3, -0.25) is 5.43 Å². The first-order valence-corrected chi connectivity index (χ1v) is 8.65. The highest BCUT2D eigenvalue weighted by Gasteiger charge is 2.13. The molecule has 0 radical (unpaired) electrons. The third-order valence-electron chi connectivity index (χ3n) is 3.36. The van der Waals surface area contributed by atoms with Gasteiger partial charge in [-0.1, -0.05) is 23.7 Å². The molecule has 0 aromatic heterocycles. The van der Waals surface area contributed by atoms with E-state index in [1.54, 1.807) is 36.5 Å². The number of hydrazone groups is 1. The molecule has 0 fully saturated rings. The lowest BCUT2D eigenvalue weighted by atomic mass is 10.2. The zero-order chi connectivity index (χ0) is 18.9.